The molecule has 12 heteroatoms. The van der Waals surface area contributed by atoms with Gasteiger partial charge in [0.1, 0.15) is 17.8 Å². The van der Waals surface area contributed by atoms with Gasteiger partial charge in [-0.2, -0.15) is 13.2 Å². The van der Waals surface area contributed by atoms with Gasteiger partial charge in [-0.05, 0) is 56.0 Å². The molecule has 0 spiro atoms. The van der Waals surface area contributed by atoms with Gasteiger partial charge in [0, 0.05) is 0 Å². The average molecular weight is 475 g/mol. The number of halogens is 3. The van der Waals surface area contributed by atoms with E-state index in [4.69, 9.17) is 4.42 Å². The largest absolute Gasteiger partial charge is 0.467 e. The number of urea groups is 1. The van der Waals surface area contributed by atoms with Gasteiger partial charge < -0.3 is 14.3 Å². The van der Waals surface area contributed by atoms with Gasteiger partial charge in [0.15, 0.2) is 0 Å². The summed E-state index contributed by atoms with van der Waals surface area (Å²) in [4.78, 5) is 42.9. The van der Waals surface area contributed by atoms with Crippen molar-refractivity contribution in [1.29, 1.82) is 0 Å². The molecule has 2 aromatic heterocycles. The minimum absolute atomic E-state index is 0.0213. The summed E-state index contributed by atoms with van der Waals surface area (Å²) in [5.74, 6) is -0.696. The maximum atomic E-state index is 13.2. The Balaban J connectivity index is 1.42. The third kappa shape index (κ3) is 3.78. The maximum Gasteiger partial charge on any atom is 0.416 e. The molecule has 3 heterocycles. The number of alkyl halides is 3. The number of amides is 4. The number of carbonyl (C=O) groups excluding carboxylic acids is 3. The van der Waals surface area contributed by atoms with Crippen LogP contribution in [0.15, 0.2) is 41.0 Å². The van der Waals surface area contributed by atoms with Crippen molar-refractivity contribution in [1.82, 2.24) is 19.8 Å². The Labute approximate surface area is 190 Å². The zero-order valence-electron chi connectivity index (χ0n) is 18.0. The van der Waals surface area contributed by atoms with Gasteiger partial charge in [-0.25, -0.2) is 9.78 Å². The van der Waals surface area contributed by atoms with E-state index in [1.54, 1.807) is 19.1 Å². The molecular weight excluding hydrogens is 455 g/mol. The van der Waals surface area contributed by atoms with Crippen LogP contribution in [0.5, 0.6) is 0 Å². The highest BCUT2D eigenvalue weighted by molar-refractivity contribution is 6.10. The number of aromatic nitrogens is 2. The van der Waals surface area contributed by atoms with E-state index in [9.17, 15) is 27.6 Å². The van der Waals surface area contributed by atoms with Gasteiger partial charge in [0.25, 0.3) is 5.91 Å². The van der Waals surface area contributed by atoms with Crippen molar-refractivity contribution in [2.45, 2.75) is 38.0 Å². The Morgan fingerprint density at radius 1 is 1.29 bits per heavy atom. The fourth-order valence-corrected chi connectivity index (χ4v) is 4.22. The van der Waals surface area contributed by atoms with Crippen LogP contribution in [0.2, 0.25) is 0 Å². The average Bonchev–Trinajstić information content (AvgIpc) is 3.35. The molecule has 178 valence electrons. The Kier molecular flexibility index (Phi) is 4.92. The van der Waals surface area contributed by atoms with Gasteiger partial charge in [-0.3, -0.25) is 19.8 Å². The SMILES string of the molecule is C[C@]1(C2CC2)NC(=O)N(CC(=O)Nc2nc3cc(C(F)(F)F)ccc3n2Cc2ccco2)C1=O. The molecule has 1 aliphatic carbocycles. The monoisotopic (exact) mass is 475 g/mol. The summed E-state index contributed by atoms with van der Waals surface area (Å²) in [6, 6.07) is 5.76. The minimum Gasteiger partial charge on any atom is -0.467 e. The van der Waals surface area contributed by atoms with Crippen LogP contribution < -0.4 is 10.6 Å². The molecule has 3 aromatic rings. The Bertz CT molecular complexity index is 1300. The first-order valence-corrected chi connectivity index (χ1v) is 10.6. The van der Waals surface area contributed by atoms with E-state index in [0.717, 1.165) is 29.9 Å². The molecule has 9 nitrogen and oxygen atoms in total. The first-order chi connectivity index (χ1) is 16.1. The third-order valence-corrected chi connectivity index (χ3v) is 6.22. The lowest BCUT2D eigenvalue weighted by atomic mass is 9.96. The van der Waals surface area contributed by atoms with Crippen molar-refractivity contribution in [3.05, 3.63) is 47.9 Å². The number of carbonyl (C=O) groups is 3. The van der Waals surface area contributed by atoms with Crippen LogP contribution in [-0.2, 0) is 22.3 Å². The Morgan fingerprint density at radius 3 is 2.71 bits per heavy atom. The van der Waals surface area contributed by atoms with Gasteiger partial charge >= 0.3 is 12.2 Å². The van der Waals surface area contributed by atoms with E-state index < -0.39 is 41.7 Å². The number of furan rings is 1. The molecule has 1 atom stereocenters. The van der Waals surface area contributed by atoms with E-state index in [1.165, 1.54) is 16.9 Å². The molecule has 2 aliphatic rings. The second-order valence-corrected chi connectivity index (χ2v) is 8.65. The molecule has 0 radical (unpaired) electrons. The fourth-order valence-electron chi connectivity index (χ4n) is 4.22. The smallest absolute Gasteiger partial charge is 0.416 e. The Morgan fingerprint density at radius 2 is 2.06 bits per heavy atom. The fraction of sp³-hybridized carbons (Fsp3) is 0.364. The number of imidazole rings is 1. The number of imide groups is 1. The normalized spacial score (nSPS) is 20.8. The standard InChI is InChI=1S/C22H20F3N5O4/c1-21(12-4-5-12)18(32)30(20(33)28-21)11-17(31)27-19-26-15-9-13(22(23,24)25)6-7-16(15)29(19)10-14-3-2-8-34-14/h2-3,6-9,12H,4-5,10-11H2,1H3,(H,28,33)(H,26,27,31)/t21-/m1/s1. The predicted molar refractivity (Wildman–Crippen MR) is 113 cm³/mol. The number of nitrogens with zero attached hydrogens (tertiary/aromatic N) is 3. The van der Waals surface area contributed by atoms with E-state index >= 15 is 0 Å². The van der Waals surface area contributed by atoms with Crippen LogP contribution in [0, 0.1) is 5.92 Å². The molecule has 2 N–H and O–H groups in total. The number of fused-ring (bicyclic) bond motifs is 1. The molecule has 0 unspecified atom stereocenters. The summed E-state index contributed by atoms with van der Waals surface area (Å²) >= 11 is 0. The Hall–Kier alpha value is -3.83. The van der Waals surface area contributed by atoms with Crippen LogP contribution in [0.3, 0.4) is 0 Å². The number of nitrogens with one attached hydrogen (secondary N) is 2. The third-order valence-electron chi connectivity index (χ3n) is 6.22. The van der Waals surface area contributed by atoms with Gasteiger partial charge in [0.2, 0.25) is 11.9 Å². The quantitative estimate of drug-likeness (QED) is 0.532. The van der Waals surface area contributed by atoms with Crippen molar-refractivity contribution in [2.75, 3.05) is 11.9 Å². The summed E-state index contributed by atoms with van der Waals surface area (Å²) in [7, 11) is 0. The zero-order valence-corrected chi connectivity index (χ0v) is 18.0. The van der Waals surface area contributed by atoms with Gasteiger partial charge in [-0.1, -0.05) is 0 Å². The van der Waals surface area contributed by atoms with E-state index in [-0.39, 0.29) is 23.9 Å². The van der Waals surface area contributed by atoms with Crippen LogP contribution in [0.4, 0.5) is 23.9 Å². The number of hydrogen-bond acceptors (Lipinski definition) is 5. The second kappa shape index (κ2) is 7.61. The lowest BCUT2D eigenvalue weighted by Crippen LogP contribution is -2.46. The van der Waals surface area contributed by atoms with E-state index in [2.05, 4.69) is 15.6 Å². The highest BCUT2D eigenvalue weighted by Crippen LogP contribution is 2.42. The molecule has 1 aliphatic heterocycles. The van der Waals surface area contributed by atoms with Crippen molar-refractivity contribution in [2.24, 2.45) is 5.92 Å². The maximum absolute atomic E-state index is 13.2. The van der Waals surface area contributed by atoms with Gasteiger partial charge in [0.05, 0.1) is 29.4 Å². The lowest BCUT2D eigenvalue weighted by molar-refractivity contribution is -0.137. The molecule has 1 saturated carbocycles. The van der Waals surface area contributed by atoms with Crippen LogP contribution in [-0.4, -0.2) is 44.4 Å². The molecule has 5 rings (SSSR count). The molecule has 4 amide bonds. The summed E-state index contributed by atoms with van der Waals surface area (Å²) < 4.78 is 46.3. The second-order valence-electron chi connectivity index (χ2n) is 8.65. The minimum atomic E-state index is -4.56. The first-order valence-electron chi connectivity index (χ1n) is 10.6. The number of hydrogen-bond donors (Lipinski definition) is 2. The summed E-state index contributed by atoms with van der Waals surface area (Å²) in [5.41, 5.74) is -1.54. The van der Waals surface area contributed by atoms with Crippen molar-refractivity contribution >= 4 is 34.8 Å². The molecule has 0 bridgehead atoms. The predicted octanol–water partition coefficient (Wildman–Crippen LogP) is 3.36. The lowest BCUT2D eigenvalue weighted by Gasteiger charge is -2.20. The van der Waals surface area contributed by atoms with E-state index in [0.29, 0.717) is 11.3 Å². The summed E-state index contributed by atoms with van der Waals surface area (Å²) in [6.07, 6.45) is -1.47. The highest BCUT2D eigenvalue weighted by atomic mass is 19.4. The molecule has 1 saturated heterocycles. The van der Waals surface area contributed by atoms with Crippen molar-refractivity contribution in [3.8, 4) is 0 Å². The van der Waals surface area contributed by atoms with Crippen LogP contribution >= 0.6 is 0 Å². The summed E-state index contributed by atoms with van der Waals surface area (Å²) in [6.45, 7) is 1.18. The van der Waals surface area contributed by atoms with Crippen LogP contribution in [0.1, 0.15) is 31.1 Å². The van der Waals surface area contributed by atoms with Gasteiger partial charge in [-0.15, -0.1) is 0 Å². The molecule has 2 fully saturated rings. The molecule has 1 aromatic carbocycles. The molecular formula is C22H20F3N5O4. The number of anilines is 1. The zero-order chi connectivity index (χ0) is 24.3. The first kappa shape index (κ1) is 22.0. The van der Waals surface area contributed by atoms with Crippen molar-refractivity contribution in [3.63, 3.8) is 0 Å². The summed E-state index contributed by atoms with van der Waals surface area (Å²) in [5, 5.41) is 5.19. The van der Waals surface area contributed by atoms with Crippen LogP contribution in [0.25, 0.3) is 11.0 Å². The molecule has 34 heavy (non-hydrogen) atoms. The number of rotatable bonds is 6. The highest BCUT2D eigenvalue weighted by Gasteiger charge is 2.56. The number of benzene rings is 1. The topological polar surface area (TPSA) is 109 Å². The van der Waals surface area contributed by atoms with Crippen molar-refractivity contribution < 1.29 is 32.0 Å². The van der Waals surface area contributed by atoms with E-state index in [1.807, 2.05) is 0 Å².